The zero-order valence-electron chi connectivity index (χ0n) is 25.4. The molecule has 0 radical (unpaired) electrons. The molecule has 5 heterocycles. The van der Waals surface area contributed by atoms with E-state index in [0.717, 1.165) is 19.5 Å². The predicted molar refractivity (Wildman–Crippen MR) is 158 cm³/mol. The molecule has 3 aromatic heterocycles. The Hall–Kier alpha value is -4.26. The summed E-state index contributed by atoms with van der Waals surface area (Å²) in [7, 11) is 2.01. The van der Waals surface area contributed by atoms with E-state index in [9.17, 15) is 22.8 Å². The molecule has 45 heavy (non-hydrogen) atoms. The van der Waals surface area contributed by atoms with Gasteiger partial charge in [-0.15, -0.1) is 0 Å². The van der Waals surface area contributed by atoms with Crippen LogP contribution < -0.4 is 14.8 Å². The molecule has 0 unspecified atom stereocenters. The zero-order chi connectivity index (χ0) is 31.9. The van der Waals surface area contributed by atoms with Gasteiger partial charge in [0.25, 0.3) is 11.8 Å². The van der Waals surface area contributed by atoms with Crippen LogP contribution in [0.15, 0.2) is 42.6 Å². The molecule has 6 rings (SSSR count). The van der Waals surface area contributed by atoms with Crippen LogP contribution in [0.3, 0.4) is 0 Å². The molecule has 1 saturated carbocycles. The second kappa shape index (κ2) is 11.9. The van der Waals surface area contributed by atoms with E-state index in [-0.39, 0.29) is 40.4 Å². The van der Waals surface area contributed by atoms with Crippen molar-refractivity contribution in [3.8, 4) is 22.9 Å². The van der Waals surface area contributed by atoms with Gasteiger partial charge in [0.05, 0.1) is 17.9 Å². The number of nitrogens with zero attached hydrogens (tertiary/aromatic N) is 5. The number of halogens is 3. The summed E-state index contributed by atoms with van der Waals surface area (Å²) < 4.78 is 51.9. The van der Waals surface area contributed by atoms with Gasteiger partial charge in [0.1, 0.15) is 17.5 Å². The largest absolute Gasteiger partial charge is 0.488 e. The number of nitrogens with one attached hydrogen (secondary N) is 1. The van der Waals surface area contributed by atoms with Crippen LogP contribution in [0.2, 0.25) is 0 Å². The van der Waals surface area contributed by atoms with Crippen molar-refractivity contribution >= 4 is 11.8 Å². The molecule has 13 heteroatoms. The van der Waals surface area contributed by atoms with E-state index in [0.29, 0.717) is 55.4 Å². The van der Waals surface area contributed by atoms with E-state index in [1.54, 1.807) is 24.4 Å². The molecule has 2 amide bonds. The average molecular weight is 625 g/mol. The van der Waals surface area contributed by atoms with Gasteiger partial charge in [0.2, 0.25) is 5.88 Å². The second-order valence-corrected chi connectivity index (χ2v) is 12.2. The van der Waals surface area contributed by atoms with Gasteiger partial charge in [0.15, 0.2) is 11.4 Å². The van der Waals surface area contributed by atoms with E-state index < -0.39 is 17.8 Å². The molecule has 238 valence electrons. The summed E-state index contributed by atoms with van der Waals surface area (Å²) in [6.45, 7) is 6.06. The quantitative estimate of drug-likeness (QED) is 0.394. The molecule has 1 atom stereocenters. The molecule has 10 nitrogen and oxygen atoms in total. The molecule has 1 aliphatic carbocycles. The lowest BCUT2D eigenvalue weighted by molar-refractivity contribution is -0.141. The Morgan fingerprint density at radius 1 is 1.11 bits per heavy atom. The molecule has 3 aliphatic rings. The molecular weight excluding hydrogens is 589 g/mol. The van der Waals surface area contributed by atoms with Crippen LogP contribution in [-0.2, 0) is 6.18 Å². The summed E-state index contributed by atoms with van der Waals surface area (Å²) >= 11 is 0. The molecule has 0 bridgehead atoms. The van der Waals surface area contributed by atoms with E-state index >= 15 is 0 Å². The highest BCUT2D eigenvalue weighted by Crippen LogP contribution is 2.50. The third-order valence-corrected chi connectivity index (χ3v) is 8.67. The van der Waals surface area contributed by atoms with E-state index in [4.69, 9.17) is 14.5 Å². The number of likely N-dealkylation sites (N-methyl/N-ethyl adjacent to an activating group) is 1. The first-order chi connectivity index (χ1) is 21.4. The van der Waals surface area contributed by atoms with E-state index in [2.05, 4.69) is 20.2 Å². The number of ether oxygens (including phenoxy) is 2. The Morgan fingerprint density at radius 2 is 1.89 bits per heavy atom. The standard InChI is InChI=1S/C32H35F3N6O4/c1-4-44-29-22(6-5-12-36-29)23-9-10-25(26(38-23)28(42)37-20-11-13-40(3)16-20)45-21-14-31(15-21)17-41(18-31)30(43)24-8-7-19(2)27(39-24)32(33,34)35/h5-10,12,20-21H,4,11,13-18H2,1-3H3,(H,37,42)/t20-/m1/s1. The van der Waals surface area contributed by atoms with Crippen molar-refractivity contribution in [1.29, 1.82) is 0 Å². The van der Waals surface area contributed by atoms with Crippen molar-refractivity contribution in [2.45, 2.75) is 51.4 Å². The smallest absolute Gasteiger partial charge is 0.433 e. The van der Waals surface area contributed by atoms with Crippen molar-refractivity contribution in [1.82, 2.24) is 30.1 Å². The number of pyridine rings is 3. The van der Waals surface area contributed by atoms with Gasteiger partial charge in [-0.25, -0.2) is 15.0 Å². The van der Waals surface area contributed by atoms with Crippen molar-refractivity contribution in [2.24, 2.45) is 5.41 Å². The second-order valence-electron chi connectivity index (χ2n) is 12.2. The molecule has 1 N–H and O–H groups in total. The van der Waals surface area contributed by atoms with Crippen molar-refractivity contribution in [3.05, 3.63) is 65.2 Å². The van der Waals surface area contributed by atoms with Gasteiger partial charge >= 0.3 is 6.18 Å². The summed E-state index contributed by atoms with van der Waals surface area (Å²) in [4.78, 5) is 42.8. The Bertz CT molecular complexity index is 1600. The monoisotopic (exact) mass is 624 g/mol. The van der Waals surface area contributed by atoms with Gasteiger partial charge in [-0.3, -0.25) is 9.59 Å². The van der Waals surface area contributed by atoms with Crippen LogP contribution in [0.4, 0.5) is 13.2 Å². The number of aromatic nitrogens is 3. The molecular formula is C32H35F3N6O4. The fourth-order valence-electron chi connectivity index (χ4n) is 6.43. The average Bonchev–Trinajstić information content (AvgIpc) is 3.37. The van der Waals surface area contributed by atoms with Gasteiger partial charge < -0.3 is 24.6 Å². The Kier molecular flexibility index (Phi) is 8.14. The predicted octanol–water partition coefficient (Wildman–Crippen LogP) is 4.38. The number of alkyl halides is 3. The van der Waals surface area contributed by atoms with E-state index in [1.165, 1.54) is 24.0 Å². The maximum absolute atomic E-state index is 13.5. The lowest BCUT2D eigenvalue weighted by Crippen LogP contribution is -2.66. The van der Waals surface area contributed by atoms with Gasteiger partial charge in [-0.2, -0.15) is 13.2 Å². The number of carbonyl (C=O) groups is 2. The topological polar surface area (TPSA) is 110 Å². The first-order valence-electron chi connectivity index (χ1n) is 15.0. The molecule has 2 aliphatic heterocycles. The summed E-state index contributed by atoms with van der Waals surface area (Å²) in [5.41, 5.74) is -0.101. The van der Waals surface area contributed by atoms with Crippen LogP contribution in [0.1, 0.15) is 58.4 Å². The molecule has 1 spiro atoms. The third kappa shape index (κ3) is 6.31. The number of aryl methyl sites for hydroxylation is 1. The first-order valence-corrected chi connectivity index (χ1v) is 15.0. The van der Waals surface area contributed by atoms with Crippen molar-refractivity contribution in [2.75, 3.05) is 39.8 Å². The van der Waals surface area contributed by atoms with Gasteiger partial charge in [-0.05, 0) is 82.6 Å². The van der Waals surface area contributed by atoms with Crippen LogP contribution in [0.5, 0.6) is 11.6 Å². The summed E-state index contributed by atoms with van der Waals surface area (Å²) in [5.74, 6) is -0.0635. The van der Waals surface area contributed by atoms with Crippen molar-refractivity contribution < 1.29 is 32.2 Å². The summed E-state index contributed by atoms with van der Waals surface area (Å²) in [6.07, 6.45) is -1.08. The van der Waals surface area contributed by atoms with Gasteiger partial charge in [-0.1, -0.05) is 6.07 Å². The Balaban J connectivity index is 1.14. The fraction of sp³-hybridized carbons (Fsp3) is 0.469. The number of likely N-dealkylation sites (tertiary alicyclic amines) is 2. The normalized spacial score (nSPS) is 19.6. The summed E-state index contributed by atoms with van der Waals surface area (Å²) in [6, 6.07) is 9.74. The molecule has 3 aromatic rings. The molecule has 2 saturated heterocycles. The van der Waals surface area contributed by atoms with Crippen LogP contribution in [-0.4, -0.2) is 88.5 Å². The van der Waals surface area contributed by atoms with Crippen LogP contribution >= 0.6 is 0 Å². The Labute approximate surface area is 259 Å². The minimum absolute atomic E-state index is 0.00103. The summed E-state index contributed by atoms with van der Waals surface area (Å²) in [5, 5.41) is 3.09. The molecule has 3 fully saturated rings. The molecule has 0 aromatic carbocycles. The maximum atomic E-state index is 13.5. The van der Waals surface area contributed by atoms with Gasteiger partial charge in [0, 0.05) is 37.3 Å². The number of rotatable bonds is 8. The number of hydrogen-bond donors (Lipinski definition) is 1. The highest BCUT2D eigenvalue weighted by Gasteiger charge is 2.55. The maximum Gasteiger partial charge on any atom is 0.433 e. The first kappa shape index (κ1) is 30.8. The SMILES string of the molecule is CCOc1ncccc1-c1ccc(OC2CC3(C2)CN(C(=O)c2ccc(C)c(C(F)(F)F)n2)C3)c(C(=O)N[C@@H]2CCN(C)C2)n1. The number of hydrogen-bond acceptors (Lipinski definition) is 8. The van der Waals surface area contributed by atoms with E-state index in [1.807, 2.05) is 20.0 Å². The third-order valence-electron chi connectivity index (χ3n) is 8.67. The lowest BCUT2D eigenvalue weighted by Gasteiger charge is -2.58. The zero-order valence-corrected chi connectivity index (χ0v) is 25.4. The minimum atomic E-state index is -4.63. The lowest BCUT2D eigenvalue weighted by atomic mass is 9.61. The number of amides is 2. The fourth-order valence-corrected chi connectivity index (χ4v) is 6.43. The Morgan fingerprint density at radius 3 is 2.58 bits per heavy atom. The van der Waals surface area contributed by atoms with Crippen LogP contribution in [0, 0.1) is 12.3 Å². The van der Waals surface area contributed by atoms with Crippen molar-refractivity contribution in [3.63, 3.8) is 0 Å². The minimum Gasteiger partial charge on any atom is -0.488 e. The van der Waals surface area contributed by atoms with Crippen LogP contribution in [0.25, 0.3) is 11.3 Å². The highest BCUT2D eigenvalue weighted by molar-refractivity contribution is 5.96. The highest BCUT2D eigenvalue weighted by atomic mass is 19.4. The number of carbonyl (C=O) groups excluding carboxylic acids is 2.